The second kappa shape index (κ2) is 4.94. The second-order valence-corrected chi connectivity index (χ2v) is 5.10. The highest BCUT2D eigenvalue weighted by atomic mass is 16.5. The molecule has 0 aromatic rings. The molecule has 1 aliphatic rings. The maximum absolute atomic E-state index is 11.8. The lowest BCUT2D eigenvalue weighted by molar-refractivity contribution is -0.142. The van der Waals surface area contributed by atoms with Crippen LogP contribution in [0.3, 0.4) is 0 Å². The molecule has 1 saturated heterocycles. The van der Waals surface area contributed by atoms with Crippen molar-refractivity contribution in [3.8, 4) is 0 Å². The summed E-state index contributed by atoms with van der Waals surface area (Å²) in [5.74, 6) is 0.0956. The van der Waals surface area contributed by atoms with Gasteiger partial charge in [0.1, 0.15) is 6.61 Å². The molecule has 0 radical (unpaired) electrons. The molecule has 0 aromatic carbocycles. The maximum Gasteiger partial charge on any atom is 0.248 e. The number of carbonyl (C=O) groups is 1. The molecule has 0 spiro atoms. The van der Waals surface area contributed by atoms with Gasteiger partial charge in [-0.2, -0.15) is 0 Å². The molecule has 1 atom stereocenters. The Hall–Kier alpha value is -0.610. The monoisotopic (exact) mass is 214 g/mol. The Bertz CT molecular complexity index is 223. The minimum absolute atomic E-state index is 0.0956. The lowest BCUT2D eigenvalue weighted by Crippen LogP contribution is -2.52. The van der Waals surface area contributed by atoms with Gasteiger partial charge in [0.2, 0.25) is 5.91 Å². The third-order valence-corrected chi connectivity index (χ3v) is 2.35. The van der Waals surface area contributed by atoms with E-state index in [9.17, 15) is 4.79 Å². The number of rotatable bonds is 2. The Balaban J connectivity index is 2.33. The minimum atomic E-state index is -0.241. The summed E-state index contributed by atoms with van der Waals surface area (Å²) >= 11 is 0. The Morgan fingerprint density at radius 3 is 2.73 bits per heavy atom. The predicted octanol–water partition coefficient (Wildman–Crippen LogP) is 0.622. The topological polar surface area (TPSA) is 41.6 Å². The molecule has 88 valence electrons. The summed E-state index contributed by atoms with van der Waals surface area (Å²) in [5, 5.41) is 3.30. The molecule has 4 heteroatoms. The third-order valence-electron chi connectivity index (χ3n) is 2.35. The van der Waals surface area contributed by atoms with Gasteiger partial charge in [-0.1, -0.05) is 0 Å². The molecule has 0 aromatic heterocycles. The van der Waals surface area contributed by atoms with E-state index in [2.05, 4.69) is 12.2 Å². The first-order valence-electron chi connectivity index (χ1n) is 5.53. The van der Waals surface area contributed by atoms with Gasteiger partial charge in [-0.15, -0.1) is 0 Å². The van der Waals surface area contributed by atoms with Crippen molar-refractivity contribution in [3.63, 3.8) is 0 Å². The fourth-order valence-electron chi connectivity index (χ4n) is 1.53. The van der Waals surface area contributed by atoms with E-state index in [1.807, 2.05) is 25.7 Å². The maximum atomic E-state index is 11.8. The van der Waals surface area contributed by atoms with Gasteiger partial charge >= 0.3 is 0 Å². The average Bonchev–Trinajstić information content (AvgIpc) is 2.13. The van der Waals surface area contributed by atoms with Crippen LogP contribution in [0.4, 0.5) is 0 Å². The molecule has 0 bridgehead atoms. The van der Waals surface area contributed by atoms with Crippen LogP contribution in [0.2, 0.25) is 0 Å². The number of nitrogens with one attached hydrogen (secondary N) is 1. The first kappa shape index (κ1) is 12.5. The number of hydrogen-bond donors (Lipinski definition) is 1. The Kier molecular flexibility index (Phi) is 4.11. The van der Waals surface area contributed by atoms with Crippen molar-refractivity contribution in [1.29, 1.82) is 0 Å². The van der Waals surface area contributed by atoms with Gasteiger partial charge in [-0.3, -0.25) is 4.79 Å². The average molecular weight is 214 g/mol. The van der Waals surface area contributed by atoms with Crippen LogP contribution in [0.5, 0.6) is 0 Å². The molecule has 1 rings (SSSR count). The lowest BCUT2D eigenvalue weighted by Gasteiger charge is -2.32. The highest BCUT2D eigenvalue weighted by Crippen LogP contribution is 2.07. The summed E-state index contributed by atoms with van der Waals surface area (Å²) in [4.78, 5) is 13.6. The number of carbonyl (C=O) groups excluding carboxylic acids is 1. The van der Waals surface area contributed by atoms with E-state index in [0.29, 0.717) is 6.04 Å². The van der Waals surface area contributed by atoms with Gasteiger partial charge in [0.25, 0.3) is 0 Å². The molecule has 1 fully saturated rings. The first-order valence-corrected chi connectivity index (χ1v) is 5.53. The van der Waals surface area contributed by atoms with Crippen molar-refractivity contribution >= 4 is 5.91 Å². The number of amides is 1. The van der Waals surface area contributed by atoms with E-state index < -0.39 is 0 Å². The zero-order valence-corrected chi connectivity index (χ0v) is 10.2. The fourth-order valence-corrected chi connectivity index (χ4v) is 1.53. The van der Waals surface area contributed by atoms with Crippen LogP contribution < -0.4 is 5.32 Å². The molecular weight excluding hydrogens is 192 g/mol. The largest absolute Gasteiger partial charge is 0.366 e. The van der Waals surface area contributed by atoms with Crippen molar-refractivity contribution in [2.45, 2.75) is 39.3 Å². The van der Waals surface area contributed by atoms with Gasteiger partial charge in [0.15, 0.2) is 0 Å². The summed E-state index contributed by atoms with van der Waals surface area (Å²) < 4.78 is 5.47. The molecular formula is C11H22N2O2. The van der Waals surface area contributed by atoms with Crippen molar-refractivity contribution in [2.75, 3.05) is 26.2 Å². The van der Waals surface area contributed by atoms with E-state index in [4.69, 9.17) is 4.74 Å². The van der Waals surface area contributed by atoms with Gasteiger partial charge in [0.05, 0.1) is 5.60 Å². The van der Waals surface area contributed by atoms with Crippen molar-refractivity contribution in [3.05, 3.63) is 0 Å². The zero-order chi connectivity index (χ0) is 11.5. The second-order valence-electron chi connectivity index (χ2n) is 5.10. The molecule has 4 nitrogen and oxygen atoms in total. The van der Waals surface area contributed by atoms with Crippen molar-refractivity contribution < 1.29 is 9.53 Å². The molecule has 0 saturated carbocycles. The van der Waals surface area contributed by atoms with Gasteiger partial charge in [-0.05, 0) is 27.7 Å². The SMILES string of the molecule is CC1CN(C(=O)COC(C)(C)C)CCN1. The number of nitrogens with zero attached hydrogens (tertiary/aromatic N) is 1. The molecule has 15 heavy (non-hydrogen) atoms. The normalized spacial score (nSPS) is 22.9. The highest BCUT2D eigenvalue weighted by Gasteiger charge is 2.22. The Labute approximate surface area is 92.0 Å². The van der Waals surface area contributed by atoms with Crippen LogP contribution in [0.1, 0.15) is 27.7 Å². The summed E-state index contributed by atoms with van der Waals surface area (Å²) in [6.07, 6.45) is 0. The smallest absolute Gasteiger partial charge is 0.248 e. The fraction of sp³-hybridized carbons (Fsp3) is 0.909. The van der Waals surface area contributed by atoms with Crippen LogP contribution in [0.15, 0.2) is 0 Å². The van der Waals surface area contributed by atoms with Crippen LogP contribution in [0.25, 0.3) is 0 Å². The van der Waals surface area contributed by atoms with Gasteiger partial charge in [0, 0.05) is 25.7 Å². The van der Waals surface area contributed by atoms with E-state index >= 15 is 0 Å². The predicted molar refractivity (Wildman–Crippen MR) is 59.7 cm³/mol. The van der Waals surface area contributed by atoms with E-state index in [1.54, 1.807) is 0 Å². The van der Waals surface area contributed by atoms with E-state index in [0.717, 1.165) is 19.6 Å². The van der Waals surface area contributed by atoms with Gasteiger partial charge in [-0.25, -0.2) is 0 Å². The zero-order valence-electron chi connectivity index (χ0n) is 10.2. The van der Waals surface area contributed by atoms with Crippen LogP contribution >= 0.6 is 0 Å². The highest BCUT2D eigenvalue weighted by molar-refractivity contribution is 5.77. The Morgan fingerprint density at radius 2 is 2.20 bits per heavy atom. The number of hydrogen-bond acceptors (Lipinski definition) is 3. The molecule has 1 aliphatic heterocycles. The van der Waals surface area contributed by atoms with E-state index in [-0.39, 0.29) is 18.1 Å². The molecule has 1 N–H and O–H groups in total. The summed E-state index contributed by atoms with van der Waals surface area (Å²) in [5.41, 5.74) is -0.241. The standard InChI is InChI=1S/C11H22N2O2/c1-9-7-13(6-5-12-9)10(14)8-15-11(2,3)4/h9,12H,5-8H2,1-4H3. The number of ether oxygens (including phenoxy) is 1. The van der Waals surface area contributed by atoms with Crippen LogP contribution in [0, 0.1) is 0 Å². The van der Waals surface area contributed by atoms with Crippen molar-refractivity contribution in [2.24, 2.45) is 0 Å². The molecule has 0 aliphatic carbocycles. The molecule has 1 heterocycles. The molecule has 1 unspecified atom stereocenters. The summed E-state index contributed by atoms with van der Waals surface area (Å²) in [6.45, 7) is 10.6. The Morgan fingerprint density at radius 1 is 1.53 bits per heavy atom. The molecule has 1 amide bonds. The summed E-state index contributed by atoms with van der Waals surface area (Å²) in [6, 6.07) is 0.386. The first-order chi connectivity index (χ1) is 6.88. The van der Waals surface area contributed by atoms with Crippen molar-refractivity contribution in [1.82, 2.24) is 10.2 Å². The quantitative estimate of drug-likeness (QED) is 0.733. The lowest BCUT2D eigenvalue weighted by atomic mass is 10.2. The van der Waals surface area contributed by atoms with Crippen LogP contribution in [-0.2, 0) is 9.53 Å². The third kappa shape index (κ3) is 4.62. The summed E-state index contributed by atoms with van der Waals surface area (Å²) in [7, 11) is 0. The van der Waals surface area contributed by atoms with Crippen LogP contribution in [-0.4, -0.2) is 48.7 Å². The number of piperazine rings is 1. The van der Waals surface area contributed by atoms with E-state index in [1.165, 1.54) is 0 Å². The minimum Gasteiger partial charge on any atom is -0.366 e. The van der Waals surface area contributed by atoms with Gasteiger partial charge < -0.3 is 15.0 Å².